The Bertz CT molecular complexity index is 636. The first-order valence-corrected chi connectivity index (χ1v) is 8.75. The Hall–Kier alpha value is -1.63. The highest BCUT2D eigenvalue weighted by Gasteiger charge is 2.12. The number of thioether (sulfide) groups is 1. The molecule has 1 unspecified atom stereocenters. The summed E-state index contributed by atoms with van der Waals surface area (Å²) in [5.41, 5.74) is 0.763. The van der Waals surface area contributed by atoms with Crippen LogP contribution in [0.15, 0.2) is 17.3 Å². The predicted molar refractivity (Wildman–Crippen MR) is 88.5 cm³/mol. The minimum atomic E-state index is -0.931. The van der Waals surface area contributed by atoms with Gasteiger partial charge in [0.05, 0.1) is 16.8 Å². The summed E-state index contributed by atoms with van der Waals surface area (Å²) in [5.74, 6) is -1.71. The molecule has 2 N–H and O–H groups in total. The number of benzene rings is 1. The van der Waals surface area contributed by atoms with Crippen molar-refractivity contribution in [1.82, 2.24) is 15.3 Å². The zero-order valence-electron chi connectivity index (χ0n) is 13.3. The number of rotatable bonds is 8. The lowest BCUT2D eigenvalue weighted by molar-refractivity contribution is -0.119. The molecular formula is C16H21F2N3OS. The summed E-state index contributed by atoms with van der Waals surface area (Å²) in [6, 6.07) is 2.26. The zero-order chi connectivity index (χ0) is 16.8. The van der Waals surface area contributed by atoms with Gasteiger partial charge in [-0.05, 0) is 13.3 Å². The van der Waals surface area contributed by atoms with Gasteiger partial charge in [-0.3, -0.25) is 4.79 Å². The number of amides is 1. The molecule has 1 amide bonds. The summed E-state index contributed by atoms with van der Waals surface area (Å²) in [6.07, 6.45) is 4.39. The van der Waals surface area contributed by atoms with Crippen LogP contribution < -0.4 is 5.32 Å². The molecule has 1 heterocycles. The lowest BCUT2D eigenvalue weighted by Crippen LogP contribution is -2.33. The normalized spacial score (nSPS) is 12.5. The number of imidazole rings is 1. The van der Waals surface area contributed by atoms with Gasteiger partial charge in [0.1, 0.15) is 0 Å². The Kier molecular flexibility index (Phi) is 6.38. The van der Waals surface area contributed by atoms with Crippen LogP contribution in [0.1, 0.15) is 39.5 Å². The Morgan fingerprint density at radius 2 is 2.09 bits per heavy atom. The summed E-state index contributed by atoms with van der Waals surface area (Å²) in [4.78, 5) is 18.9. The van der Waals surface area contributed by atoms with Crippen molar-refractivity contribution >= 4 is 28.7 Å². The smallest absolute Gasteiger partial charge is 0.230 e. The number of unbranched alkanes of at least 4 members (excludes halogenated alkanes) is 2. The first-order chi connectivity index (χ1) is 11.0. The minimum absolute atomic E-state index is 0.0724. The average molecular weight is 341 g/mol. The summed E-state index contributed by atoms with van der Waals surface area (Å²) in [6.45, 7) is 4.13. The number of aromatic nitrogens is 2. The van der Waals surface area contributed by atoms with Gasteiger partial charge in [0.2, 0.25) is 5.91 Å². The standard InChI is InChI=1S/C16H21F2N3OS/c1-3-4-5-6-10(2)19-15(22)9-23-16-20-13-7-11(17)12(18)8-14(13)21-16/h7-8,10H,3-6,9H2,1-2H3,(H,19,22)(H,20,21). The molecule has 2 aromatic rings. The molecule has 0 spiro atoms. The van der Waals surface area contributed by atoms with E-state index in [4.69, 9.17) is 0 Å². The van der Waals surface area contributed by atoms with Gasteiger partial charge in [0.15, 0.2) is 16.8 Å². The van der Waals surface area contributed by atoms with E-state index in [2.05, 4.69) is 22.2 Å². The maximum absolute atomic E-state index is 13.1. The lowest BCUT2D eigenvalue weighted by atomic mass is 10.1. The van der Waals surface area contributed by atoms with Gasteiger partial charge < -0.3 is 10.3 Å². The van der Waals surface area contributed by atoms with Crippen LogP contribution >= 0.6 is 11.8 Å². The predicted octanol–water partition coefficient (Wildman–Crippen LogP) is 4.02. The van der Waals surface area contributed by atoms with Crippen LogP contribution in [0.2, 0.25) is 0 Å². The molecule has 126 valence electrons. The van der Waals surface area contributed by atoms with Crippen LogP contribution in [0.25, 0.3) is 11.0 Å². The third-order valence-corrected chi connectivity index (χ3v) is 4.36. The monoisotopic (exact) mass is 341 g/mol. The van der Waals surface area contributed by atoms with E-state index in [0.717, 1.165) is 31.4 Å². The highest BCUT2D eigenvalue weighted by molar-refractivity contribution is 7.99. The fourth-order valence-corrected chi connectivity index (χ4v) is 2.97. The highest BCUT2D eigenvalue weighted by atomic mass is 32.2. The Morgan fingerprint density at radius 1 is 1.35 bits per heavy atom. The van der Waals surface area contributed by atoms with E-state index >= 15 is 0 Å². The van der Waals surface area contributed by atoms with Gasteiger partial charge >= 0.3 is 0 Å². The van der Waals surface area contributed by atoms with Crippen molar-refractivity contribution in [3.05, 3.63) is 23.8 Å². The van der Waals surface area contributed by atoms with E-state index in [-0.39, 0.29) is 17.7 Å². The van der Waals surface area contributed by atoms with E-state index in [0.29, 0.717) is 16.2 Å². The van der Waals surface area contributed by atoms with Crippen LogP contribution in [0, 0.1) is 11.6 Å². The van der Waals surface area contributed by atoms with E-state index in [1.54, 1.807) is 0 Å². The first-order valence-electron chi connectivity index (χ1n) is 7.76. The van der Waals surface area contributed by atoms with Crippen LogP contribution in [-0.4, -0.2) is 27.7 Å². The number of nitrogens with one attached hydrogen (secondary N) is 2. The summed E-state index contributed by atoms with van der Waals surface area (Å²) >= 11 is 1.21. The molecule has 0 radical (unpaired) electrons. The van der Waals surface area contributed by atoms with Gasteiger partial charge in [-0.15, -0.1) is 0 Å². The van der Waals surface area contributed by atoms with Crippen LogP contribution in [0.5, 0.6) is 0 Å². The fourth-order valence-electron chi connectivity index (χ4n) is 2.27. The van der Waals surface area contributed by atoms with Gasteiger partial charge in [-0.1, -0.05) is 37.9 Å². The minimum Gasteiger partial charge on any atom is -0.353 e. The molecule has 4 nitrogen and oxygen atoms in total. The molecule has 0 aliphatic carbocycles. The maximum Gasteiger partial charge on any atom is 0.230 e. The van der Waals surface area contributed by atoms with E-state index in [1.165, 1.54) is 18.2 Å². The van der Waals surface area contributed by atoms with Crippen LogP contribution in [0.4, 0.5) is 8.78 Å². The van der Waals surface area contributed by atoms with E-state index in [1.807, 2.05) is 6.92 Å². The second kappa shape index (κ2) is 8.29. The van der Waals surface area contributed by atoms with Crippen molar-refractivity contribution < 1.29 is 13.6 Å². The summed E-state index contributed by atoms with van der Waals surface area (Å²) in [5, 5.41) is 3.41. The van der Waals surface area contributed by atoms with Gasteiger partial charge in [-0.2, -0.15) is 0 Å². The summed E-state index contributed by atoms with van der Waals surface area (Å²) < 4.78 is 26.3. The molecule has 0 saturated carbocycles. The fraction of sp³-hybridized carbons (Fsp3) is 0.500. The Morgan fingerprint density at radius 3 is 2.83 bits per heavy atom. The molecule has 2 rings (SSSR count). The van der Waals surface area contributed by atoms with Crippen molar-refractivity contribution in [2.45, 2.75) is 50.7 Å². The number of nitrogens with zero attached hydrogens (tertiary/aromatic N) is 1. The zero-order valence-corrected chi connectivity index (χ0v) is 14.1. The van der Waals surface area contributed by atoms with Gasteiger partial charge in [0, 0.05) is 18.2 Å². The second-order valence-electron chi connectivity index (χ2n) is 5.58. The second-order valence-corrected chi connectivity index (χ2v) is 6.54. The molecule has 1 aromatic heterocycles. The van der Waals surface area contributed by atoms with Crippen molar-refractivity contribution in [2.75, 3.05) is 5.75 Å². The van der Waals surface area contributed by atoms with Crippen molar-refractivity contribution in [3.8, 4) is 0 Å². The van der Waals surface area contributed by atoms with Crippen molar-refractivity contribution in [2.24, 2.45) is 0 Å². The van der Waals surface area contributed by atoms with E-state index in [9.17, 15) is 13.6 Å². The number of aromatic amines is 1. The molecular weight excluding hydrogens is 320 g/mol. The number of fused-ring (bicyclic) bond motifs is 1. The molecule has 1 atom stereocenters. The summed E-state index contributed by atoms with van der Waals surface area (Å²) in [7, 11) is 0. The quantitative estimate of drug-likeness (QED) is 0.563. The number of carbonyl (C=O) groups excluding carboxylic acids is 1. The largest absolute Gasteiger partial charge is 0.353 e. The number of hydrogen-bond donors (Lipinski definition) is 2. The third kappa shape index (κ3) is 5.20. The molecule has 7 heteroatoms. The Balaban J connectivity index is 1.84. The molecule has 23 heavy (non-hydrogen) atoms. The maximum atomic E-state index is 13.1. The molecule has 0 fully saturated rings. The molecule has 1 aromatic carbocycles. The lowest BCUT2D eigenvalue weighted by Gasteiger charge is -2.12. The van der Waals surface area contributed by atoms with Gasteiger partial charge in [-0.25, -0.2) is 13.8 Å². The topological polar surface area (TPSA) is 57.8 Å². The average Bonchev–Trinajstić information content (AvgIpc) is 2.87. The van der Waals surface area contributed by atoms with Crippen molar-refractivity contribution in [1.29, 1.82) is 0 Å². The van der Waals surface area contributed by atoms with Crippen molar-refractivity contribution in [3.63, 3.8) is 0 Å². The number of halogens is 2. The van der Waals surface area contributed by atoms with E-state index < -0.39 is 11.6 Å². The SMILES string of the molecule is CCCCCC(C)NC(=O)CSc1nc2cc(F)c(F)cc2[nH]1. The molecule has 0 bridgehead atoms. The number of H-pyrrole nitrogens is 1. The van der Waals surface area contributed by atoms with Gasteiger partial charge in [0.25, 0.3) is 0 Å². The van der Waals surface area contributed by atoms with Crippen LogP contribution in [-0.2, 0) is 4.79 Å². The first kappa shape index (κ1) is 17.7. The van der Waals surface area contributed by atoms with Crippen LogP contribution in [0.3, 0.4) is 0 Å². The number of carbonyl (C=O) groups is 1. The molecule has 0 saturated heterocycles. The Labute approximate surface area is 138 Å². The molecule has 0 aliphatic rings. The molecule has 0 aliphatic heterocycles. The highest BCUT2D eigenvalue weighted by Crippen LogP contribution is 2.21. The number of hydrogen-bond acceptors (Lipinski definition) is 3. The third-order valence-electron chi connectivity index (χ3n) is 3.49.